The molecule has 0 saturated heterocycles. The summed E-state index contributed by atoms with van der Waals surface area (Å²) in [6.07, 6.45) is 1.57. The van der Waals surface area contributed by atoms with Gasteiger partial charge in [0.1, 0.15) is 5.70 Å². The molecule has 1 amide bonds. The monoisotopic (exact) mass is 225 g/mol. The van der Waals surface area contributed by atoms with Gasteiger partial charge in [-0.05, 0) is 28.5 Å². The lowest BCUT2D eigenvalue weighted by Crippen LogP contribution is -2.25. The number of carbonyl (C=O) groups is 2. The molecule has 80 valence electrons. The minimum atomic E-state index is -0.559. The Bertz CT molecular complexity index is 381. The fourth-order valence-corrected chi connectivity index (χ4v) is 1.59. The zero-order valence-electron chi connectivity index (χ0n) is 8.44. The van der Waals surface area contributed by atoms with Crippen molar-refractivity contribution >= 4 is 29.3 Å². The van der Waals surface area contributed by atoms with Crippen LogP contribution >= 0.6 is 11.3 Å². The van der Waals surface area contributed by atoms with Crippen LogP contribution in [0.2, 0.25) is 0 Å². The van der Waals surface area contributed by atoms with E-state index < -0.39 is 5.97 Å². The zero-order valence-corrected chi connectivity index (χ0v) is 9.26. The molecule has 0 aromatic carbocycles. The topological polar surface area (TPSA) is 55.4 Å². The lowest BCUT2D eigenvalue weighted by Gasteiger charge is -2.04. The van der Waals surface area contributed by atoms with Crippen LogP contribution in [0.3, 0.4) is 0 Å². The van der Waals surface area contributed by atoms with Crippen molar-refractivity contribution in [3.8, 4) is 0 Å². The molecule has 0 aliphatic rings. The van der Waals surface area contributed by atoms with Gasteiger partial charge in [-0.25, -0.2) is 4.79 Å². The second-order valence-corrected chi connectivity index (χ2v) is 3.57. The molecule has 0 aliphatic carbocycles. The summed E-state index contributed by atoms with van der Waals surface area (Å²) in [5.74, 6) is -0.863. The number of ether oxygens (including phenoxy) is 1. The van der Waals surface area contributed by atoms with Gasteiger partial charge in [-0.1, -0.05) is 0 Å². The third-order valence-corrected chi connectivity index (χ3v) is 2.27. The molecule has 0 unspecified atom stereocenters. The maximum absolute atomic E-state index is 11.3. The molecule has 5 heteroatoms. The fourth-order valence-electron chi connectivity index (χ4n) is 0.969. The Kier molecular flexibility index (Phi) is 4.05. The number of methoxy groups -OCH3 is 1. The first kappa shape index (κ1) is 11.5. The number of hydrogen-bond donors (Lipinski definition) is 1. The summed E-state index contributed by atoms with van der Waals surface area (Å²) in [4.78, 5) is 22.1. The smallest absolute Gasteiger partial charge is 0.354 e. The van der Waals surface area contributed by atoms with Gasteiger partial charge in [-0.3, -0.25) is 4.79 Å². The van der Waals surface area contributed by atoms with E-state index in [1.165, 1.54) is 25.4 Å². The van der Waals surface area contributed by atoms with Crippen LogP contribution in [0, 0.1) is 0 Å². The Morgan fingerprint density at radius 3 is 2.73 bits per heavy atom. The summed E-state index contributed by atoms with van der Waals surface area (Å²) in [5.41, 5.74) is 0.998. The number of thiophene rings is 1. The highest BCUT2D eigenvalue weighted by Crippen LogP contribution is 2.10. The van der Waals surface area contributed by atoms with E-state index in [2.05, 4.69) is 10.1 Å². The Morgan fingerprint density at radius 2 is 2.27 bits per heavy atom. The standard InChI is InChI=1S/C10H11NO3S/c1-7(12)11-9(10(13)14-2)5-8-3-4-15-6-8/h3-6H,1-2H3,(H,11,12)/b9-5+. The Hall–Kier alpha value is -1.62. The molecule has 0 bridgehead atoms. The SMILES string of the molecule is COC(=O)/C(=C\c1ccsc1)NC(C)=O. The minimum absolute atomic E-state index is 0.142. The van der Waals surface area contributed by atoms with Gasteiger partial charge in [0.25, 0.3) is 0 Å². The first-order valence-corrected chi connectivity index (χ1v) is 5.17. The van der Waals surface area contributed by atoms with Crippen LogP contribution in [0.5, 0.6) is 0 Å². The fraction of sp³-hybridized carbons (Fsp3) is 0.200. The third-order valence-electron chi connectivity index (χ3n) is 1.57. The number of esters is 1. The quantitative estimate of drug-likeness (QED) is 0.625. The number of hydrogen-bond acceptors (Lipinski definition) is 4. The predicted molar refractivity (Wildman–Crippen MR) is 58.1 cm³/mol. The molecule has 1 aromatic rings. The van der Waals surface area contributed by atoms with Crippen molar-refractivity contribution in [2.24, 2.45) is 0 Å². The molecule has 0 saturated carbocycles. The van der Waals surface area contributed by atoms with Crippen LogP contribution in [0.1, 0.15) is 12.5 Å². The van der Waals surface area contributed by atoms with E-state index in [0.717, 1.165) is 5.56 Å². The molecular formula is C10H11NO3S. The van der Waals surface area contributed by atoms with Crippen LogP contribution in [-0.4, -0.2) is 19.0 Å². The Labute approximate surface area is 91.6 Å². The summed E-state index contributed by atoms with van der Waals surface area (Å²) in [5, 5.41) is 6.17. The van der Waals surface area contributed by atoms with E-state index >= 15 is 0 Å². The first-order chi connectivity index (χ1) is 7.13. The molecule has 1 N–H and O–H groups in total. The highest BCUT2D eigenvalue weighted by atomic mass is 32.1. The van der Waals surface area contributed by atoms with Crippen LogP contribution in [-0.2, 0) is 14.3 Å². The minimum Gasteiger partial charge on any atom is -0.464 e. The Morgan fingerprint density at radius 1 is 1.53 bits per heavy atom. The lowest BCUT2D eigenvalue weighted by molar-refractivity contribution is -0.137. The molecule has 15 heavy (non-hydrogen) atoms. The summed E-state index contributed by atoms with van der Waals surface area (Å²) in [7, 11) is 1.27. The van der Waals surface area contributed by atoms with Crippen LogP contribution < -0.4 is 5.32 Å². The first-order valence-electron chi connectivity index (χ1n) is 4.23. The molecule has 0 radical (unpaired) electrons. The second-order valence-electron chi connectivity index (χ2n) is 2.79. The van der Waals surface area contributed by atoms with Gasteiger partial charge in [0.2, 0.25) is 5.91 Å². The summed E-state index contributed by atoms with van der Waals surface area (Å²) < 4.78 is 4.54. The largest absolute Gasteiger partial charge is 0.464 e. The van der Waals surface area contributed by atoms with Gasteiger partial charge in [0.05, 0.1) is 7.11 Å². The molecule has 1 heterocycles. The summed E-state index contributed by atoms with van der Waals surface area (Å²) >= 11 is 1.51. The van der Waals surface area contributed by atoms with Crippen molar-refractivity contribution in [3.05, 3.63) is 28.1 Å². The van der Waals surface area contributed by atoms with E-state index in [9.17, 15) is 9.59 Å². The van der Waals surface area contributed by atoms with Gasteiger partial charge in [-0.2, -0.15) is 11.3 Å². The van der Waals surface area contributed by atoms with Crippen molar-refractivity contribution in [1.29, 1.82) is 0 Å². The lowest BCUT2D eigenvalue weighted by atomic mass is 10.2. The average Bonchev–Trinajstić information content (AvgIpc) is 2.67. The average molecular weight is 225 g/mol. The van der Waals surface area contributed by atoms with Gasteiger partial charge >= 0.3 is 5.97 Å². The van der Waals surface area contributed by atoms with E-state index in [1.54, 1.807) is 6.08 Å². The van der Waals surface area contributed by atoms with E-state index in [-0.39, 0.29) is 11.6 Å². The summed E-state index contributed by atoms with van der Waals surface area (Å²) in [6, 6.07) is 1.84. The van der Waals surface area contributed by atoms with Gasteiger partial charge in [0, 0.05) is 6.92 Å². The molecule has 1 aromatic heterocycles. The number of rotatable bonds is 3. The highest BCUT2D eigenvalue weighted by molar-refractivity contribution is 7.08. The maximum Gasteiger partial charge on any atom is 0.354 e. The number of carbonyl (C=O) groups excluding carboxylic acids is 2. The van der Waals surface area contributed by atoms with E-state index in [1.807, 2.05) is 16.8 Å². The molecule has 0 fully saturated rings. The molecule has 4 nitrogen and oxygen atoms in total. The van der Waals surface area contributed by atoms with Crippen LogP contribution in [0.4, 0.5) is 0 Å². The molecular weight excluding hydrogens is 214 g/mol. The molecule has 0 aliphatic heterocycles. The third kappa shape index (κ3) is 3.55. The molecule has 0 atom stereocenters. The van der Waals surface area contributed by atoms with Crippen molar-refractivity contribution in [2.45, 2.75) is 6.92 Å². The van der Waals surface area contributed by atoms with Gasteiger partial charge in [0.15, 0.2) is 0 Å². The normalized spacial score (nSPS) is 10.9. The maximum atomic E-state index is 11.3. The van der Waals surface area contributed by atoms with Crippen molar-refractivity contribution in [1.82, 2.24) is 5.32 Å². The van der Waals surface area contributed by atoms with Gasteiger partial charge in [-0.15, -0.1) is 0 Å². The van der Waals surface area contributed by atoms with Gasteiger partial charge < -0.3 is 10.1 Å². The molecule has 1 rings (SSSR count). The zero-order chi connectivity index (χ0) is 11.3. The molecule has 0 spiro atoms. The van der Waals surface area contributed by atoms with Crippen molar-refractivity contribution in [2.75, 3.05) is 7.11 Å². The predicted octanol–water partition coefficient (Wildman–Crippen LogP) is 1.40. The van der Waals surface area contributed by atoms with Crippen molar-refractivity contribution < 1.29 is 14.3 Å². The van der Waals surface area contributed by atoms with Crippen molar-refractivity contribution in [3.63, 3.8) is 0 Å². The van der Waals surface area contributed by atoms with E-state index in [0.29, 0.717) is 0 Å². The van der Waals surface area contributed by atoms with Crippen LogP contribution in [0.25, 0.3) is 6.08 Å². The second kappa shape index (κ2) is 5.31. The van der Waals surface area contributed by atoms with E-state index in [4.69, 9.17) is 0 Å². The number of nitrogens with one attached hydrogen (secondary N) is 1. The highest BCUT2D eigenvalue weighted by Gasteiger charge is 2.10. The number of amides is 1. The van der Waals surface area contributed by atoms with Crippen LogP contribution in [0.15, 0.2) is 22.5 Å². The summed E-state index contributed by atoms with van der Waals surface area (Å²) in [6.45, 7) is 1.34. The Balaban J connectivity index is 2.90.